The van der Waals surface area contributed by atoms with E-state index in [0.717, 1.165) is 4.31 Å². The number of benzene rings is 1. The number of halogens is 1. The van der Waals surface area contributed by atoms with E-state index in [4.69, 9.17) is 11.6 Å². The molecule has 0 bridgehead atoms. The van der Waals surface area contributed by atoms with Gasteiger partial charge in [0.05, 0.1) is 11.6 Å². The van der Waals surface area contributed by atoms with E-state index >= 15 is 0 Å². The number of anilines is 1. The van der Waals surface area contributed by atoms with E-state index in [1.807, 2.05) is 0 Å². The third-order valence-electron chi connectivity index (χ3n) is 2.31. The van der Waals surface area contributed by atoms with Crippen LogP contribution >= 0.6 is 11.6 Å². The fourth-order valence-electron chi connectivity index (χ4n) is 1.34. The van der Waals surface area contributed by atoms with Gasteiger partial charge >= 0.3 is 0 Å². The molecule has 0 radical (unpaired) electrons. The summed E-state index contributed by atoms with van der Waals surface area (Å²) in [4.78, 5) is 11.4. The highest BCUT2D eigenvalue weighted by molar-refractivity contribution is 7.89. The van der Waals surface area contributed by atoms with E-state index in [9.17, 15) is 13.2 Å². The fourth-order valence-corrected chi connectivity index (χ4v) is 2.74. The molecular formula is C11H16ClN3O3S. The Labute approximate surface area is 117 Å². The minimum atomic E-state index is -3.64. The fraction of sp³-hybridized carbons (Fsp3) is 0.364. The number of nitrogens with one attached hydrogen (secondary N) is 2. The number of amides is 1. The highest BCUT2D eigenvalue weighted by Crippen LogP contribution is 2.26. The van der Waals surface area contributed by atoms with E-state index in [-0.39, 0.29) is 22.4 Å². The van der Waals surface area contributed by atoms with Crippen molar-refractivity contribution < 1.29 is 13.2 Å². The smallest absolute Gasteiger partial charge is 0.244 e. The van der Waals surface area contributed by atoms with E-state index < -0.39 is 10.0 Å². The number of sulfonamides is 1. The van der Waals surface area contributed by atoms with Gasteiger partial charge in [0.25, 0.3) is 0 Å². The van der Waals surface area contributed by atoms with Crippen molar-refractivity contribution in [2.45, 2.75) is 4.90 Å². The van der Waals surface area contributed by atoms with Gasteiger partial charge in [-0.1, -0.05) is 11.6 Å². The van der Waals surface area contributed by atoms with Gasteiger partial charge in [0, 0.05) is 19.8 Å². The van der Waals surface area contributed by atoms with Crippen LogP contribution in [0.25, 0.3) is 0 Å². The van der Waals surface area contributed by atoms with Gasteiger partial charge in [-0.05, 0) is 25.2 Å². The van der Waals surface area contributed by atoms with Crippen LogP contribution in [0.4, 0.5) is 5.69 Å². The van der Waals surface area contributed by atoms with Gasteiger partial charge < -0.3 is 10.6 Å². The van der Waals surface area contributed by atoms with Crippen LogP contribution in [0.2, 0.25) is 5.02 Å². The number of carbonyl (C=O) groups excluding carboxylic acids is 1. The summed E-state index contributed by atoms with van der Waals surface area (Å²) in [6.07, 6.45) is 0. The second-order valence-electron chi connectivity index (χ2n) is 4.01. The molecule has 1 aromatic rings. The Bertz CT molecular complexity index is 573. The van der Waals surface area contributed by atoms with Gasteiger partial charge in [0.15, 0.2) is 0 Å². The first-order valence-electron chi connectivity index (χ1n) is 5.45. The Morgan fingerprint density at radius 2 is 2.00 bits per heavy atom. The first kappa shape index (κ1) is 15.9. The molecule has 0 aliphatic carbocycles. The van der Waals surface area contributed by atoms with Crippen molar-refractivity contribution in [1.82, 2.24) is 9.62 Å². The zero-order valence-electron chi connectivity index (χ0n) is 10.9. The number of carbonyl (C=O) groups is 1. The molecule has 2 N–H and O–H groups in total. The molecule has 0 aliphatic rings. The molecule has 6 nitrogen and oxygen atoms in total. The predicted molar refractivity (Wildman–Crippen MR) is 74.9 cm³/mol. The molecule has 0 saturated carbocycles. The molecule has 1 rings (SSSR count). The van der Waals surface area contributed by atoms with Crippen molar-refractivity contribution in [2.24, 2.45) is 0 Å². The largest absolute Gasteiger partial charge is 0.325 e. The van der Waals surface area contributed by atoms with Crippen molar-refractivity contribution in [3.63, 3.8) is 0 Å². The van der Waals surface area contributed by atoms with Crippen molar-refractivity contribution in [3.05, 3.63) is 23.2 Å². The molecule has 0 saturated heterocycles. The number of likely N-dealkylation sites (N-methyl/N-ethyl adjacent to an activating group) is 1. The molecule has 0 spiro atoms. The third-order valence-corrected chi connectivity index (χ3v) is 4.61. The number of hydrogen-bond donors (Lipinski definition) is 2. The molecule has 1 aromatic carbocycles. The summed E-state index contributed by atoms with van der Waals surface area (Å²) in [6, 6.07) is 4.32. The molecule has 1 amide bonds. The lowest BCUT2D eigenvalue weighted by Gasteiger charge is -2.14. The Kier molecular flexibility index (Phi) is 5.30. The van der Waals surface area contributed by atoms with Gasteiger partial charge in [-0.2, -0.15) is 0 Å². The topological polar surface area (TPSA) is 78.5 Å². The average molecular weight is 306 g/mol. The minimum absolute atomic E-state index is 0.0403. The quantitative estimate of drug-likeness (QED) is 0.841. The Hall–Kier alpha value is -1.15. The van der Waals surface area contributed by atoms with Gasteiger partial charge in [0.2, 0.25) is 15.9 Å². The average Bonchev–Trinajstić information content (AvgIpc) is 2.31. The van der Waals surface area contributed by atoms with Crippen LogP contribution in [0.5, 0.6) is 0 Å². The maximum Gasteiger partial charge on any atom is 0.244 e. The highest BCUT2D eigenvalue weighted by Gasteiger charge is 2.21. The van der Waals surface area contributed by atoms with Crippen LogP contribution in [-0.2, 0) is 14.8 Å². The number of nitrogens with zero attached hydrogens (tertiary/aromatic N) is 1. The lowest BCUT2D eigenvalue weighted by Crippen LogP contribution is -2.25. The molecule has 106 valence electrons. The van der Waals surface area contributed by atoms with Gasteiger partial charge in [-0.15, -0.1) is 0 Å². The van der Waals surface area contributed by atoms with Gasteiger partial charge in [0.1, 0.15) is 4.90 Å². The number of rotatable bonds is 5. The molecule has 0 fully saturated rings. The van der Waals surface area contributed by atoms with Crippen LogP contribution < -0.4 is 10.6 Å². The highest BCUT2D eigenvalue weighted by atomic mass is 35.5. The first-order valence-corrected chi connectivity index (χ1v) is 7.27. The van der Waals surface area contributed by atoms with E-state index in [1.165, 1.54) is 26.2 Å². The molecule has 0 atom stereocenters. The Morgan fingerprint density at radius 1 is 1.37 bits per heavy atom. The first-order chi connectivity index (χ1) is 8.78. The van der Waals surface area contributed by atoms with Crippen LogP contribution in [0.15, 0.2) is 23.1 Å². The van der Waals surface area contributed by atoms with Crippen LogP contribution in [0.3, 0.4) is 0 Å². The van der Waals surface area contributed by atoms with Crippen LogP contribution in [0.1, 0.15) is 0 Å². The standard InChI is InChI=1S/C11H16ClN3O3S/c1-13-7-11(16)14-8-4-5-9(12)10(6-8)19(17,18)15(2)3/h4-6,13H,7H2,1-3H3,(H,14,16). The van der Waals surface area contributed by atoms with Crippen molar-refractivity contribution in [2.75, 3.05) is 33.0 Å². The zero-order chi connectivity index (χ0) is 14.6. The van der Waals surface area contributed by atoms with E-state index in [1.54, 1.807) is 13.1 Å². The molecule has 0 aromatic heterocycles. The minimum Gasteiger partial charge on any atom is -0.325 e. The SMILES string of the molecule is CNCC(=O)Nc1ccc(Cl)c(S(=O)(=O)N(C)C)c1. The number of hydrogen-bond acceptors (Lipinski definition) is 4. The molecule has 19 heavy (non-hydrogen) atoms. The summed E-state index contributed by atoms with van der Waals surface area (Å²) in [5, 5.41) is 5.39. The summed E-state index contributed by atoms with van der Waals surface area (Å²) in [5.41, 5.74) is 0.380. The summed E-state index contributed by atoms with van der Waals surface area (Å²) in [5.74, 6) is -0.266. The van der Waals surface area contributed by atoms with Crippen LogP contribution in [-0.4, -0.2) is 46.3 Å². The lowest BCUT2D eigenvalue weighted by atomic mass is 10.3. The second kappa shape index (κ2) is 6.33. The Balaban J connectivity index is 3.12. The maximum absolute atomic E-state index is 12.0. The van der Waals surface area contributed by atoms with E-state index in [2.05, 4.69) is 10.6 Å². The molecule has 0 heterocycles. The second-order valence-corrected chi connectivity index (χ2v) is 6.54. The predicted octanol–water partition coefficient (Wildman–Crippen LogP) is 0.748. The van der Waals surface area contributed by atoms with Crippen molar-refractivity contribution >= 4 is 33.2 Å². The summed E-state index contributed by atoms with van der Waals surface area (Å²) in [7, 11) is 0.828. The molecule has 0 aliphatic heterocycles. The summed E-state index contributed by atoms with van der Waals surface area (Å²) in [6.45, 7) is 0.137. The van der Waals surface area contributed by atoms with Crippen LogP contribution in [0, 0.1) is 0 Å². The molecule has 0 unspecified atom stereocenters. The normalized spacial score (nSPS) is 11.6. The zero-order valence-corrected chi connectivity index (χ0v) is 12.5. The summed E-state index contributed by atoms with van der Waals surface area (Å²) >= 11 is 5.89. The van der Waals surface area contributed by atoms with E-state index in [0.29, 0.717) is 5.69 Å². The third kappa shape index (κ3) is 3.90. The Morgan fingerprint density at radius 3 is 2.53 bits per heavy atom. The van der Waals surface area contributed by atoms with Crippen molar-refractivity contribution in [1.29, 1.82) is 0 Å². The lowest BCUT2D eigenvalue weighted by molar-refractivity contribution is -0.115. The monoisotopic (exact) mass is 305 g/mol. The summed E-state index contributed by atoms with van der Waals surface area (Å²) < 4.78 is 25.1. The maximum atomic E-state index is 12.0. The molecular weight excluding hydrogens is 290 g/mol. The van der Waals surface area contributed by atoms with Gasteiger partial charge in [-0.25, -0.2) is 12.7 Å². The van der Waals surface area contributed by atoms with Crippen molar-refractivity contribution in [3.8, 4) is 0 Å². The molecule has 8 heteroatoms. The van der Waals surface area contributed by atoms with Gasteiger partial charge in [-0.3, -0.25) is 4.79 Å².